The van der Waals surface area contributed by atoms with Crippen molar-refractivity contribution in [2.75, 3.05) is 0 Å². The van der Waals surface area contributed by atoms with E-state index in [1.807, 2.05) is 24.3 Å². The highest BCUT2D eigenvalue weighted by molar-refractivity contribution is 5.18. The molecule has 3 rings (SSSR count). The second-order valence-corrected chi connectivity index (χ2v) is 5.11. The van der Waals surface area contributed by atoms with E-state index in [9.17, 15) is 0 Å². The van der Waals surface area contributed by atoms with Gasteiger partial charge in [-0.3, -0.25) is 0 Å². The maximum atomic E-state index is 5.31. The highest BCUT2D eigenvalue weighted by atomic mass is 16.5. The first-order chi connectivity index (χ1) is 10.4. The molecule has 0 saturated heterocycles. The minimum absolute atomic E-state index is 0.725. The van der Waals surface area contributed by atoms with E-state index in [0.717, 1.165) is 37.4 Å². The molecule has 0 spiro atoms. The molecular weight excluding hydrogens is 260 g/mol. The zero-order valence-corrected chi connectivity index (χ0v) is 11.9. The van der Waals surface area contributed by atoms with E-state index >= 15 is 0 Å². The first kappa shape index (κ1) is 13.6. The molecule has 0 fully saturated rings. The van der Waals surface area contributed by atoms with E-state index < -0.39 is 0 Å². The molecule has 0 atom stereocenters. The average Bonchev–Trinajstić information content (AvgIpc) is 2.97. The Morgan fingerprint density at radius 2 is 1.43 bits per heavy atom. The molecule has 3 aromatic rings. The number of rotatable bonds is 6. The number of hydrogen-bond donors (Lipinski definition) is 0. The first-order valence-corrected chi connectivity index (χ1v) is 7.29. The summed E-state index contributed by atoms with van der Waals surface area (Å²) in [7, 11) is 0. The van der Waals surface area contributed by atoms with Crippen molar-refractivity contribution >= 4 is 0 Å². The van der Waals surface area contributed by atoms with Crippen molar-refractivity contribution in [1.82, 2.24) is 10.1 Å². The normalized spacial score (nSPS) is 10.7. The van der Waals surface area contributed by atoms with Crippen LogP contribution in [0.25, 0.3) is 0 Å². The van der Waals surface area contributed by atoms with Crippen LogP contribution in [0.5, 0.6) is 0 Å². The number of hydrogen-bond acceptors (Lipinski definition) is 3. The van der Waals surface area contributed by atoms with Crippen LogP contribution in [0.3, 0.4) is 0 Å². The van der Waals surface area contributed by atoms with Gasteiger partial charge in [0.05, 0.1) is 0 Å². The van der Waals surface area contributed by atoms with Gasteiger partial charge in [0.2, 0.25) is 5.89 Å². The highest BCUT2D eigenvalue weighted by Crippen LogP contribution is 2.09. The van der Waals surface area contributed by atoms with E-state index in [1.165, 1.54) is 11.1 Å². The van der Waals surface area contributed by atoms with Gasteiger partial charge in [-0.1, -0.05) is 65.8 Å². The smallest absolute Gasteiger partial charge is 0.226 e. The lowest BCUT2D eigenvalue weighted by Crippen LogP contribution is -1.92. The van der Waals surface area contributed by atoms with Gasteiger partial charge >= 0.3 is 0 Å². The zero-order chi connectivity index (χ0) is 14.3. The van der Waals surface area contributed by atoms with Crippen LogP contribution < -0.4 is 0 Å². The molecule has 2 aromatic carbocycles. The lowest BCUT2D eigenvalue weighted by Gasteiger charge is -1.98. The van der Waals surface area contributed by atoms with Crippen molar-refractivity contribution in [2.24, 2.45) is 0 Å². The van der Waals surface area contributed by atoms with Gasteiger partial charge in [0, 0.05) is 12.8 Å². The Kier molecular flexibility index (Phi) is 4.42. The standard InChI is InChI=1S/C18H18N2O/c1-3-8-15(9-4-1)12-7-13-18-19-17(20-21-18)14-16-10-5-2-6-11-16/h1-6,8-11H,7,12-14H2. The minimum Gasteiger partial charge on any atom is -0.339 e. The van der Waals surface area contributed by atoms with Gasteiger partial charge in [-0.05, 0) is 24.0 Å². The molecule has 1 heterocycles. The van der Waals surface area contributed by atoms with E-state index in [0.29, 0.717) is 0 Å². The fourth-order valence-corrected chi connectivity index (χ4v) is 2.33. The summed E-state index contributed by atoms with van der Waals surface area (Å²) < 4.78 is 5.31. The van der Waals surface area contributed by atoms with Crippen molar-refractivity contribution in [1.29, 1.82) is 0 Å². The Labute approximate surface area is 124 Å². The Hall–Kier alpha value is -2.42. The molecule has 0 N–H and O–H groups in total. The van der Waals surface area contributed by atoms with Crippen LogP contribution in [0.2, 0.25) is 0 Å². The fraction of sp³-hybridized carbons (Fsp3) is 0.222. The summed E-state index contributed by atoms with van der Waals surface area (Å²) in [5.74, 6) is 1.49. The van der Waals surface area contributed by atoms with Crippen LogP contribution in [0.1, 0.15) is 29.3 Å². The van der Waals surface area contributed by atoms with Gasteiger partial charge in [0.1, 0.15) is 0 Å². The first-order valence-electron chi connectivity index (χ1n) is 7.29. The van der Waals surface area contributed by atoms with Crippen molar-refractivity contribution in [3.63, 3.8) is 0 Å². The van der Waals surface area contributed by atoms with Gasteiger partial charge in [0.15, 0.2) is 5.82 Å². The monoisotopic (exact) mass is 278 g/mol. The molecule has 0 saturated carbocycles. The Morgan fingerprint density at radius 1 is 0.762 bits per heavy atom. The highest BCUT2D eigenvalue weighted by Gasteiger charge is 2.06. The van der Waals surface area contributed by atoms with E-state index in [-0.39, 0.29) is 0 Å². The summed E-state index contributed by atoms with van der Waals surface area (Å²) in [4.78, 5) is 4.46. The van der Waals surface area contributed by atoms with Crippen molar-refractivity contribution in [3.05, 3.63) is 83.5 Å². The molecule has 3 heteroatoms. The molecule has 3 nitrogen and oxygen atoms in total. The molecule has 0 unspecified atom stereocenters. The largest absolute Gasteiger partial charge is 0.339 e. The Bertz CT molecular complexity index is 662. The summed E-state index contributed by atoms with van der Waals surface area (Å²) >= 11 is 0. The maximum Gasteiger partial charge on any atom is 0.226 e. The van der Waals surface area contributed by atoms with Gasteiger partial charge in [0.25, 0.3) is 0 Å². The Morgan fingerprint density at radius 3 is 2.14 bits per heavy atom. The molecule has 106 valence electrons. The summed E-state index contributed by atoms with van der Waals surface area (Å²) in [5.41, 5.74) is 2.55. The van der Waals surface area contributed by atoms with Gasteiger partial charge in [-0.25, -0.2) is 0 Å². The number of benzene rings is 2. The average molecular weight is 278 g/mol. The number of aryl methyl sites for hydroxylation is 2. The third-order valence-corrected chi connectivity index (χ3v) is 3.41. The molecule has 1 aromatic heterocycles. The topological polar surface area (TPSA) is 38.9 Å². The third-order valence-electron chi connectivity index (χ3n) is 3.41. The van der Waals surface area contributed by atoms with Crippen molar-refractivity contribution < 1.29 is 4.52 Å². The molecule has 0 aliphatic rings. The quantitative estimate of drug-likeness (QED) is 0.687. The van der Waals surface area contributed by atoms with Gasteiger partial charge in [-0.15, -0.1) is 0 Å². The van der Waals surface area contributed by atoms with Gasteiger partial charge in [-0.2, -0.15) is 4.98 Å². The lowest BCUT2D eigenvalue weighted by atomic mass is 10.1. The van der Waals surface area contributed by atoms with Crippen LogP contribution in [0.4, 0.5) is 0 Å². The zero-order valence-electron chi connectivity index (χ0n) is 11.9. The summed E-state index contributed by atoms with van der Waals surface area (Å²) in [6.07, 6.45) is 3.62. The predicted octanol–water partition coefficient (Wildman–Crippen LogP) is 3.84. The van der Waals surface area contributed by atoms with Crippen LogP contribution in [0.15, 0.2) is 65.2 Å². The molecule has 0 bridgehead atoms. The maximum absolute atomic E-state index is 5.31. The van der Waals surface area contributed by atoms with E-state index in [4.69, 9.17) is 4.52 Å². The second-order valence-electron chi connectivity index (χ2n) is 5.11. The lowest BCUT2D eigenvalue weighted by molar-refractivity contribution is 0.371. The summed E-state index contributed by atoms with van der Waals surface area (Å²) in [6, 6.07) is 20.7. The van der Waals surface area contributed by atoms with Crippen LogP contribution in [0, 0.1) is 0 Å². The third kappa shape index (κ3) is 4.02. The van der Waals surface area contributed by atoms with Crippen LogP contribution in [-0.4, -0.2) is 10.1 Å². The number of nitrogens with zero attached hydrogens (tertiary/aromatic N) is 2. The predicted molar refractivity (Wildman–Crippen MR) is 82.0 cm³/mol. The SMILES string of the molecule is c1ccc(CCCc2nc(Cc3ccccc3)no2)cc1. The van der Waals surface area contributed by atoms with Crippen LogP contribution >= 0.6 is 0 Å². The number of aromatic nitrogens is 2. The van der Waals surface area contributed by atoms with Crippen LogP contribution in [-0.2, 0) is 19.3 Å². The summed E-state index contributed by atoms with van der Waals surface area (Å²) in [5, 5.41) is 4.05. The molecule has 0 aliphatic heterocycles. The minimum atomic E-state index is 0.725. The van der Waals surface area contributed by atoms with E-state index in [1.54, 1.807) is 0 Å². The fourth-order valence-electron chi connectivity index (χ4n) is 2.33. The molecule has 21 heavy (non-hydrogen) atoms. The molecular formula is C18H18N2O. The molecule has 0 radical (unpaired) electrons. The molecule has 0 amide bonds. The summed E-state index contributed by atoms with van der Waals surface area (Å²) in [6.45, 7) is 0. The Balaban J connectivity index is 1.51. The van der Waals surface area contributed by atoms with Crippen molar-refractivity contribution in [3.8, 4) is 0 Å². The van der Waals surface area contributed by atoms with E-state index in [2.05, 4.69) is 46.5 Å². The molecule has 0 aliphatic carbocycles. The van der Waals surface area contributed by atoms with Gasteiger partial charge < -0.3 is 4.52 Å². The van der Waals surface area contributed by atoms with Crippen molar-refractivity contribution in [2.45, 2.75) is 25.7 Å². The second kappa shape index (κ2) is 6.84.